The van der Waals surface area contributed by atoms with Crippen molar-refractivity contribution in [3.63, 3.8) is 0 Å². The Morgan fingerprint density at radius 1 is 1.50 bits per heavy atom. The predicted molar refractivity (Wildman–Crippen MR) is 72.9 cm³/mol. The van der Waals surface area contributed by atoms with E-state index in [2.05, 4.69) is 4.98 Å². The molecule has 5 nitrogen and oxygen atoms in total. The van der Waals surface area contributed by atoms with Gasteiger partial charge in [0.1, 0.15) is 23.1 Å². The summed E-state index contributed by atoms with van der Waals surface area (Å²) in [4.78, 5) is 17.8. The number of rotatable bonds is 3. The number of halogens is 1. The van der Waals surface area contributed by atoms with Crippen molar-refractivity contribution in [3.05, 3.63) is 47.6 Å². The van der Waals surface area contributed by atoms with E-state index in [4.69, 9.17) is 20.8 Å². The lowest BCUT2D eigenvalue weighted by molar-refractivity contribution is 0.0771. The second-order valence-electron chi connectivity index (χ2n) is 4.60. The largest absolute Gasteiger partial charge is 0.487 e. The van der Waals surface area contributed by atoms with Gasteiger partial charge in [0.05, 0.1) is 18.4 Å². The van der Waals surface area contributed by atoms with Gasteiger partial charge in [0, 0.05) is 31.4 Å². The average Bonchev–Trinajstić information content (AvgIpc) is 3.12. The smallest absolute Gasteiger partial charge is 0.257 e. The summed E-state index contributed by atoms with van der Waals surface area (Å²) in [7, 11) is 0. The van der Waals surface area contributed by atoms with Crippen LogP contribution >= 0.6 is 11.6 Å². The Bertz CT molecular complexity index is 600. The summed E-state index contributed by atoms with van der Waals surface area (Å²) >= 11 is 6.00. The molecule has 1 saturated heterocycles. The van der Waals surface area contributed by atoms with Crippen molar-refractivity contribution in [1.82, 2.24) is 9.88 Å². The quantitative estimate of drug-likeness (QED) is 0.872. The van der Waals surface area contributed by atoms with Crippen LogP contribution in [-0.2, 0) is 0 Å². The lowest BCUT2D eigenvalue weighted by atomic mass is 10.3. The summed E-state index contributed by atoms with van der Waals surface area (Å²) in [6.07, 6.45) is 6.85. The molecule has 0 spiro atoms. The first kappa shape index (κ1) is 13.0. The number of aromatic nitrogens is 1. The van der Waals surface area contributed by atoms with E-state index in [1.54, 1.807) is 29.4 Å². The Kier molecular flexibility index (Phi) is 3.60. The number of likely N-dealkylation sites (tertiary alicyclic amines) is 1. The van der Waals surface area contributed by atoms with Gasteiger partial charge in [0.15, 0.2) is 0 Å². The van der Waals surface area contributed by atoms with E-state index in [1.165, 1.54) is 12.5 Å². The van der Waals surface area contributed by atoms with Crippen LogP contribution in [0.5, 0.6) is 5.75 Å². The minimum absolute atomic E-state index is 0.0364. The van der Waals surface area contributed by atoms with Crippen LogP contribution < -0.4 is 4.74 Å². The molecule has 0 unspecified atom stereocenters. The first-order chi connectivity index (χ1) is 9.74. The van der Waals surface area contributed by atoms with Gasteiger partial charge < -0.3 is 14.1 Å². The van der Waals surface area contributed by atoms with Gasteiger partial charge in [-0.3, -0.25) is 9.78 Å². The highest BCUT2D eigenvalue weighted by Gasteiger charge is 2.29. The summed E-state index contributed by atoms with van der Waals surface area (Å²) in [5, 5.41) is 0.479. The van der Waals surface area contributed by atoms with Crippen LogP contribution in [0.2, 0.25) is 5.02 Å². The van der Waals surface area contributed by atoms with Gasteiger partial charge in [-0.15, -0.1) is 0 Å². The average molecular weight is 293 g/mol. The summed E-state index contributed by atoms with van der Waals surface area (Å²) in [5.74, 6) is 0.565. The monoisotopic (exact) mass is 292 g/mol. The molecule has 1 atom stereocenters. The number of carbonyl (C=O) groups excluding carboxylic acids is 1. The molecule has 0 saturated carbocycles. The number of pyridine rings is 1. The number of ether oxygens (including phenoxy) is 1. The van der Waals surface area contributed by atoms with Crippen molar-refractivity contribution in [2.45, 2.75) is 12.5 Å². The fourth-order valence-electron chi connectivity index (χ4n) is 2.22. The van der Waals surface area contributed by atoms with Crippen molar-refractivity contribution in [2.24, 2.45) is 0 Å². The zero-order valence-electron chi connectivity index (χ0n) is 10.7. The molecular formula is C14H13ClN2O3. The molecule has 0 bridgehead atoms. The molecule has 0 radical (unpaired) electrons. The Morgan fingerprint density at radius 2 is 2.40 bits per heavy atom. The molecule has 2 aromatic rings. The van der Waals surface area contributed by atoms with Crippen LogP contribution in [0.1, 0.15) is 16.8 Å². The van der Waals surface area contributed by atoms with E-state index in [-0.39, 0.29) is 12.0 Å². The highest BCUT2D eigenvalue weighted by Crippen LogP contribution is 2.26. The van der Waals surface area contributed by atoms with E-state index in [0.29, 0.717) is 29.4 Å². The number of hydrogen-bond donors (Lipinski definition) is 0. The summed E-state index contributed by atoms with van der Waals surface area (Å²) in [5.41, 5.74) is 0.563. The number of nitrogens with zero attached hydrogens (tertiary/aromatic N) is 2. The minimum Gasteiger partial charge on any atom is -0.487 e. The minimum atomic E-state index is -0.0502. The third-order valence-corrected chi connectivity index (χ3v) is 3.51. The molecular weight excluding hydrogens is 280 g/mol. The van der Waals surface area contributed by atoms with E-state index in [1.807, 2.05) is 0 Å². The van der Waals surface area contributed by atoms with Crippen LogP contribution in [0.3, 0.4) is 0 Å². The highest BCUT2D eigenvalue weighted by atomic mass is 35.5. The van der Waals surface area contributed by atoms with Crippen molar-refractivity contribution >= 4 is 17.5 Å². The predicted octanol–water partition coefficient (Wildman–Crippen LogP) is 2.62. The Balaban J connectivity index is 1.63. The molecule has 20 heavy (non-hydrogen) atoms. The first-order valence-electron chi connectivity index (χ1n) is 6.31. The number of hydrogen-bond acceptors (Lipinski definition) is 4. The maximum absolute atomic E-state index is 12.1. The number of furan rings is 1. The third-order valence-electron chi connectivity index (χ3n) is 3.23. The molecule has 1 amide bonds. The SMILES string of the molecule is O=C(c1ccoc1)N1CC[C@H](Oc2ccncc2Cl)C1. The summed E-state index contributed by atoms with van der Waals surface area (Å²) < 4.78 is 10.7. The van der Waals surface area contributed by atoms with Gasteiger partial charge >= 0.3 is 0 Å². The Labute approximate surface area is 121 Å². The molecule has 0 aromatic carbocycles. The van der Waals surface area contributed by atoms with Crippen molar-refractivity contribution in [1.29, 1.82) is 0 Å². The van der Waals surface area contributed by atoms with Crippen molar-refractivity contribution < 1.29 is 13.9 Å². The standard InChI is InChI=1S/C14H13ClN2O3/c15-12-7-16-4-1-13(12)20-11-2-5-17(8-11)14(18)10-3-6-19-9-10/h1,3-4,6-7,9,11H,2,5,8H2/t11-/m0/s1. The third kappa shape index (κ3) is 2.63. The lowest BCUT2D eigenvalue weighted by Crippen LogP contribution is -2.30. The van der Waals surface area contributed by atoms with Crippen LogP contribution in [0, 0.1) is 0 Å². The van der Waals surface area contributed by atoms with E-state index < -0.39 is 0 Å². The van der Waals surface area contributed by atoms with Gasteiger partial charge in [-0.2, -0.15) is 0 Å². The topological polar surface area (TPSA) is 55.6 Å². The van der Waals surface area contributed by atoms with Gasteiger partial charge in [0.25, 0.3) is 5.91 Å². The maximum atomic E-state index is 12.1. The zero-order chi connectivity index (χ0) is 13.9. The second-order valence-corrected chi connectivity index (χ2v) is 5.01. The van der Waals surface area contributed by atoms with Gasteiger partial charge in [-0.25, -0.2) is 0 Å². The summed E-state index contributed by atoms with van der Waals surface area (Å²) in [6, 6.07) is 3.39. The Morgan fingerprint density at radius 3 is 3.15 bits per heavy atom. The molecule has 2 aromatic heterocycles. The van der Waals surface area contributed by atoms with Gasteiger partial charge in [-0.05, 0) is 6.07 Å². The van der Waals surface area contributed by atoms with Crippen LogP contribution in [0.15, 0.2) is 41.5 Å². The molecule has 3 rings (SSSR count). The molecule has 1 fully saturated rings. The van der Waals surface area contributed by atoms with E-state index in [9.17, 15) is 4.79 Å². The normalized spacial score (nSPS) is 18.2. The van der Waals surface area contributed by atoms with Crippen molar-refractivity contribution in [2.75, 3.05) is 13.1 Å². The molecule has 6 heteroatoms. The fourth-order valence-corrected chi connectivity index (χ4v) is 2.38. The molecule has 104 valence electrons. The molecule has 1 aliphatic rings. The van der Waals surface area contributed by atoms with Crippen LogP contribution in [-0.4, -0.2) is 35.0 Å². The fraction of sp³-hybridized carbons (Fsp3) is 0.286. The maximum Gasteiger partial charge on any atom is 0.257 e. The van der Waals surface area contributed by atoms with Gasteiger partial charge in [-0.1, -0.05) is 11.6 Å². The number of amides is 1. The van der Waals surface area contributed by atoms with Gasteiger partial charge in [0.2, 0.25) is 0 Å². The molecule has 0 aliphatic carbocycles. The van der Waals surface area contributed by atoms with Crippen LogP contribution in [0.25, 0.3) is 0 Å². The van der Waals surface area contributed by atoms with E-state index in [0.717, 1.165) is 6.42 Å². The Hall–Kier alpha value is -2.01. The van der Waals surface area contributed by atoms with E-state index >= 15 is 0 Å². The second kappa shape index (κ2) is 5.54. The van der Waals surface area contributed by atoms with Crippen molar-refractivity contribution in [3.8, 4) is 5.75 Å². The molecule has 0 N–H and O–H groups in total. The highest BCUT2D eigenvalue weighted by molar-refractivity contribution is 6.31. The number of carbonyl (C=O) groups is 1. The zero-order valence-corrected chi connectivity index (χ0v) is 11.4. The molecule has 3 heterocycles. The first-order valence-corrected chi connectivity index (χ1v) is 6.69. The van der Waals surface area contributed by atoms with Crippen LogP contribution in [0.4, 0.5) is 0 Å². The lowest BCUT2D eigenvalue weighted by Gasteiger charge is -2.17. The molecule has 1 aliphatic heterocycles. The summed E-state index contributed by atoms with van der Waals surface area (Å²) in [6.45, 7) is 1.21.